The zero-order chi connectivity index (χ0) is 21.3. The molecule has 2 aliphatic heterocycles. The molecule has 4 rings (SSSR count). The smallest absolute Gasteiger partial charge is 0.193 e. The zero-order valence-electron chi connectivity index (χ0n) is 16.3. The molecule has 0 bridgehead atoms. The summed E-state index contributed by atoms with van der Waals surface area (Å²) in [6.45, 7) is 3.94. The number of amidine groups is 1. The molecule has 11 heteroatoms. The standard InChI is InChI=1S/C10H10Cl2N2S.C9H9Cl2N3.HI/c1-5-8-6(11)3-4-7(12)9(8)14-10(13-5)15-2;1-4-7-5(10)2-3-6(11)8(7)14-9(12)13-4;/h3-5H,1-2H3,(H,13,14);2-4H,1H3,(H3,12,13,14);1H. The van der Waals surface area contributed by atoms with Gasteiger partial charge < -0.3 is 16.4 Å². The SMILES string of the molecule is CC1N=C(N)Nc2c(Cl)ccc(Cl)c21.CSC1=NC(C)c2c(Cl)ccc(Cl)c2N1.I. The van der Waals surface area contributed by atoms with Crippen molar-refractivity contribution >= 4 is 105 Å². The maximum absolute atomic E-state index is 6.13. The fourth-order valence-corrected chi connectivity index (χ4v) is 4.65. The Labute approximate surface area is 217 Å². The van der Waals surface area contributed by atoms with Crippen LogP contribution < -0.4 is 16.4 Å². The van der Waals surface area contributed by atoms with Crippen LogP contribution in [-0.2, 0) is 0 Å². The molecular weight excluding hydrogens is 599 g/mol. The predicted octanol–water partition coefficient (Wildman–Crippen LogP) is 7.61. The summed E-state index contributed by atoms with van der Waals surface area (Å²) in [6.07, 6.45) is 1.97. The van der Waals surface area contributed by atoms with Gasteiger partial charge in [-0.1, -0.05) is 58.2 Å². The number of hydrogen-bond donors (Lipinski definition) is 3. The lowest BCUT2D eigenvalue weighted by atomic mass is 10.1. The van der Waals surface area contributed by atoms with Crippen LogP contribution >= 0.6 is 82.1 Å². The summed E-state index contributed by atoms with van der Waals surface area (Å²) in [5, 5.41) is 9.62. The molecule has 4 N–H and O–H groups in total. The third-order valence-electron chi connectivity index (χ3n) is 4.44. The van der Waals surface area contributed by atoms with Crippen molar-refractivity contribution in [1.82, 2.24) is 0 Å². The van der Waals surface area contributed by atoms with Crippen LogP contribution in [0, 0.1) is 0 Å². The number of anilines is 2. The van der Waals surface area contributed by atoms with Crippen LogP contribution in [0.25, 0.3) is 0 Å². The number of nitrogens with zero attached hydrogens (tertiary/aromatic N) is 2. The number of aliphatic imine (C=N–C) groups is 2. The van der Waals surface area contributed by atoms with Gasteiger partial charge in [-0.05, 0) is 44.4 Å². The van der Waals surface area contributed by atoms with E-state index in [4.69, 9.17) is 52.1 Å². The second kappa shape index (κ2) is 10.8. The Morgan fingerprint density at radius 2 is 1.23 bits per heavy atom. The Morgan fingerprint density at radius 3 is 1.73 bits per heavy atom. The third-order valence-corrected chi connectivity index (χ3v) is 6.32. The topological polar surface area (TPSA) is 74.8 Å². The highest BCUT2D eigenvalue weighted by atomic mass is 127. The number of hydrogen-bond acceptors (Lipinski definition) is 6. The predicted molar refractivity (Wildman–Crippen MR) is 145 cm³/mol. The number of thioether (sulfide) groups is 1. The lowest BCUT2D eigenvalue weighted by molar-refractivity contribution is 0.810. The molecule has 0 saturated carbocycles. The first-order valence-electron chi connectivity index (χ1n) is 8.67. The van der Waals surface area contributed by atoms with Crippen molar-refractivity contribution in [3.63, 3.8) is 0 Å². The molecule has 30 heavy (non-hydrogen) atoms. The number of halogens is 5. The summed E-state index contributed by atoms with van der Waals surface area (Å²) in [6, 6.07) is 7.10. The number of fused-ring (bicyclic) bond motifs is 2. The molecule has 5 nitrogen and oxygen atoms in total. The van der Waals surface area contributed by atoms with Gasteiger partial charge in [0.25, 0.3) is 0 Å². The average Bonchev–Trinajstić information content (AvgIpc) is 2.67. The molecule has 2 atom stereocenters. The van der Waals surface area contributed by atoms with Crippen molar-refractivity contribution in [1.29, 1.82) is 0 Å². The Hall–Kier alpha value is -0.580. The lowest BCUT2D eigenvalue weighted by Gasteiger charge is -2.23. The molecule has 162 valence electrons. The molecule has 0 fully saturated rings. The highest BCUT2D eigenvalue weighted by Gasteiger charge is 2.23. The molecule has 0 amide bonds. The maximum atomic E-state index is 6.13. The molecule has 0 radical (unpaired) electrons. The van der Waals surface area contributed by atoms with Gasteiger partial charge in [-0.15, -0.1) is 24.0 Å². The maximum Gasteiger partial charge on any atom is 0.193 e. The molecule has 0 spiro atoms. The molecule has 2 unspecified atom stereocenters. The van der Waals surface area contributed by atoms with Gasteiger partial charge in [-0.2, -0.15) is 0 Å². The van der Waals surface area contributed by atoms with Crippen LogP contribution in [-0.4, -0.2) is 17.4 Å². The summed E-state index contributed by atoms with van der Waals surface area (Å²) in [5.74, 6) is 0.370. The third kappa shape index (κ3) is 5.42. The fraction of sp³-hybridized carbons (Fsp3) is 0.263. The van der Waals surface area contributed by atoms with E-state index in [1.54, 1.807) is 36.0 Å². The summed E-state index contributed by atoms with van der Waals surface area (Å²) in [7, 11) is 0. The highest BCUT2D eigenvalue weighted by Crippen LogP contribution is 2.41. The van der Waals surface area contributed by atoms with Crippen molar-refractivity contribution in [3.8, 4) is 0 Å². The Kier molecular flexibility index (Phi) is 9.27. The lowest BCUT2D eigenvalue weighted by Crippen LogP contribution is -2.27. The minimum Gasteiger partial charge on any atom is -0.370 e. The molecule has 0 saturated heterocycles. The van der Waals surface area contributed by atoms with Crippen LogP contribution in [0.5, 0.6) is 0 Å². The monoisotopic (exact) mass is 617 g/mol. The van der Waals surface area contributed by atoms with E-state index in [2.05, 4.69) is 20.6 Å². The first-order valence-corrected chi connectivity index (χ1v) is 11.4. The van der Waals surface area contributed by atoms with E-state index in [-0.39, 0.29) is 36.1 Å². The van der Waals surface area contributed by atoms with Gasteiger partial charge >= 0.3 is 0 Å². The van der Waals surface area contributed by atoms with Crippen molar-refractivity contribution in [2.75, 3.05) is 16.9 Å². The van der Waals surface area contributed by atoms with Crippen LogP contribution in [0.4, 0.5) is 11.4 Å². The second-order valence-corrected chi connectivity index (χ2v) is 8.81. The van der Waals surface area contributed by atoms with E-state index in [0.717, 1.165) is 27.7 Å². The van der Waals surface area contributed by atoms with Crippen LogP contribution in [0.3, 0.4) is 0 Å². The fourth-order valence-electron chi connectivity index (χ4n) is 3.12. The Balaban J connectivity index is 0.000000207. The van der Waals surface area contributed by atoms with E-state index < -0.39 is 0 Å². The summed E-state index contributed by atoms with van der Waals surface area (Å²) >= 11 is 25.9. The van der Waals surface area contributed by atoms with E-state index in [0.29, 0.717) is 26.1 Å². The summed E-state index contributed by atoms with van der Waals surface area (Å²) in [5.41, 5.74) is 9.12. The summed E-state index contributed by atoms with van der Waals surface area (Å²) < 4.78 is 0. The van der Waals surface area contributed by atoms with Gasteiger partial charge in [-0.25, -0.2) is 4.99 Å². The zero-order valence-corrected chi connectivity index (χ0v) is 22.4. The molecule has 2 heterocycles. The van der Waals surface area contributed by atoms with Gasteiger partial charge in [0.05, 0.1) is 33.5 Å². The van der Waals surface area contributed by atoms with Gasteiger partial charge in [0.1, 0.15) is 0 Å². The number of benzene rings is 2. The quantitative estimate of drug-likeness (QED) is 0.266. The van der Waals surface area contributed by atoms with Gasteiger partial charge in [0, 0.05) is 21.2 Å². The Morgan fingerprint density at radius 1 is 0.800 bits per heavy atom. The highest BCUT2D eigenvalue weighted by molar-refractivity contribution is 14.0. The number of nitrogens with two attached hydrogens (primary N) is 1. The number of rotatable bonds is 0. The van der Waals surface area contributed by atoms with Crippen molar-refractivity contribution in [2.24, 2.45) is 15.7 Å². The summed E-state index contributed by atoms with van der Waals surface area (Å²) in [4.78, 5) is 8.64. The number of guanidine groups is 1. The molecule has 2 aromatic rings. The minimum absolute atomic E-state index is 0. The molecule has 2 aliphatic rings. The van der Waals surface area contributed by atoms with E-state index in [9.17, 15) is 0 Å². The van der Waals surface area contributed by atoms with E-state index >= 15 is 0 Å². The van der Waals surface area contributed by atoms with Gasteiger partial charge in [0.15, 0.2) is 11.1 Å². The van der Waals surface area contributed by atoms with Gasteiger partial charge in [0.2, 0.25) is 0 Å². The first kappa shape index (κ1) is 25.7. The van der Waals surface area contributed by atoms with Crippen molar-refractivity contribution in [3.05, 3.63) is 55.5 Å². The molecular formula is C19H20Cl4IN5S. The van der Waals surface area contributed by atoms with E-state index in [1.165, 1.54) is 0 Å². The normalized spacial score (nSPS) is 18.8. The average molecular weight is 619 g/mol. The molecule has 0 aliphatic carbocycles. The Bertz CT molecular complexity index is 1010. The molecule has 0 aromatic heterocycles. The van der Waals surface area contributed by atoms with Crippen molar-refractivity contribution < 1.29 is 0 Å². The van der Waals surface area contributed by atoms with Crippen LogP contribution in [0.1, 0.15) is 37.1 Å². The van der Waals surface area contributed by atoms with Crippen LogP contribution in [0.2, 0.25) is 20.1 Å². The molecule has 2 aromatic carbocycles. The van der Waals surface area contributed by atoms with Crippen molar-refractivity contribution in [2.45, 2.75) is 25.9 Å². The minimum atomic E-state index is -0.0579. The second-order valence-electron chi connectivity index (χ2n) is 6.39. The van der Waals surface area contributed by atoms with E-state index in [1.807, 2.05) is 20.1 Å². The largest absolute Gasteiger partial charge is 0.370 e. The van der Waals surface area contributed by atoms with Crippen LogP contribution in [0.15, 0.2) is 34.3 Å². The number of nitrogens with one attached hydrogen (secondary N) is 2. The first-order chi connectivity index (χ1) is 13.7. The van der Waals surface area contributed by atoms with Gasteiger partial charge in [-0.3, -0.25) is 4.99 Å².